The van der Waals surface area contributed by atoms with Crippen LogP contribution in [-0.4, -0.2) is 26.6 Å². The monoisotopic (exact) mass is 349 g/mol. The fourth-order valence-electron chi connectivity index (χ4n) is 2.70. The van der Waals surface area contributed by atoms with Crippen LogP contribution >= 0.6 is 0 Å². The van der Waals surface area contributed by atoms with Crippen molar-refractivity contribution in [1.82, 2.24) is 9.55 Å². The Morgan fingerprint density at radius 1 is 1.12 bits per heavy atom. The van der Waals surface area contributed by atoms with E-state index in [1.54, 1.807) is 24.3 Å². The Balaban J connectivity index is 1.72. The van der Waals surface area contributed by atoms with Crippen molar-refractivity contribution in [3.63, 3.8) is 0 Å². The molecule has 1 amide bonds. The molecule has 26 heavy (non-hydrogen) atoms. The van der Waals surface area contributed by atoms with Gasteiger partial charge in [-0.15, -0.1) is 0 Å². The van der Waals surface area contributed by atoms with Crippen LogP contribution in [0.25, 0.3) is 10.9 Å². The summed E-state index contributed by atoms with van der Waals surface area (Å²) in [6, 6.07) is 12.6. The molecule has 0 radical (unpaired) electrons. The Morgan fingerprint density at radius 3 is 2.58 bits per heavy atom. The zero-order valence-corrected chi connectivity index (χ0v) is 13.3. The number of aromatic nitrogens is 2. The van der Waals surface area contributed by atoms with Crippen molar-refractivity contribution >= 4 is 34.7 Å². The maximum atomic E-state index is 12.5. The molecule has 1 aliphatic heterocycles. The highest BCUT2D eigenvalue weighted by molar-refractivity contribution is 5.97. The second kappa shape index (κ2) is 5.88. The predicted molar refractivity (Wildman–Crippen MR) is 94.2 cm³/mol. The molecule has 2 aromatic carbocycles. The van der Waals surface area contributed by atoms with Crippen molar-refractivity contribution in [2.24, 2.45) is 5.10 Å². The molecular weight excluding hydrogens is 338 g/mol. The number of nitrogens with zero attached hydrogens (tertiary/aromatic N) is 5. The minimum atomic E-state index is -0.497. The Bertz CT molecular complexity index is 1130. The summed E-state index contributed by atoms with van der Waals surface area (Å²) < 4.78 is 1.28. The molecule has 0 saturated heterocycles. The fourth-order valence-corrected chi connectivity index (χ4v) is 2.70. The summed E-state index contributed by atoms with van der Waals surface area (Å²) in [4.78, 5) is 39.3. The van der Waals surface area contributed by atoms with Gasteiger partial charge in [0.1, 0.15) is 6.54 Å². The third kappa shape index (κ3) is 2.51. The van der Waals surface area contributed by atoms with Gasteiger partial charge in [0.15, 0.2) is 0 Å². The van der Waals surface area contributed by atoms with Gasteiger partial charge in [-0.2, -0.15) is 10.1 Å². The summed E-state index contributed by atoms with van der Waals surface area (Å²) in [6.45, 7) is -0.135. The molecule has 0 atom stereocenters. The molecule has 4 rings (SSSR count). The topological polar surface area (TPSA) is 111 Å². The summed E-state index contributed by atoms with van der Waals surface area (Å²) in [6.07, 6.45) is 1.39. The molecule has 0 fully saturated rings. The molecule has 1 aliphatic rings. The zero-order chi connectivity index (χ0) is 18.3. The van der Waals surface area contributed by atoms with E-state index in [1.807, 2.05) is 0 Å². The van der Waals surface area contributed by atoms with E-state index in [0.717, 1.165) is 5.01 Å². The zero-order valence-electron chi connectivity index (χ0n) is 13.3. The Hall–Kier alpha value is -3.88. The minimum Gasteiger partial charge on any atom is -0.270 e. The summed E-state index contributed by atoms with van der Waals surface area (Å²) in [5.74, 6) is -0.236. The van der Waals surface area contributed by atoms with Gasteiger partial charge < -0.3 is 0 Å². The van der Waals surface area contributed by atoms with Gasteiger partial charge >= 0.3 is 0 Å². The molecule has 0 unspecified atom stereocenters. The van der Waals surface area contributed by atoms with Crippen molar-refractivity contribution in [1.29, 1.82) is 0 Å². The van der Waals surface area contributed by atoms with Crippen LogP contribution in [0.4, 0.5) is 11.6 Å². The Morgan fingerprint density at radius 2 is 1.85 bits per heavy atom. The third-order valence-corrected chi connectivity index (χ3v) is 3.99. The van der Waals surface area contributed by atoms with E-state index in [2.05, 4.69) is 10.1 Å². The number of fused-ring (bicyclic) bond motifs is 2. The number of rotatable bonds is 3. The highest BCUT2D eigenvalue weighted by Gasteiger charge is 2.30. The number of benzene rings is 2. The maximum absolute atomic E-state index is 12.5. The number of nitro benzene ring substituents is 1. The molecule has 0 N–H and O–H groups in total. The number of hydrogen-bond donors (Lipinski definition) is 0. The van der Waals surface area contributed by atoms with Gasteiger partial charge in [0.25, 0.3) is 17.2 Å². The molecular formula is C17H11N5O4. The van der Waals surface area contributed by atoms with Crippen LogP contribution in [-0.2, 0) is 11.3 Å². The van der Waals surface area contributed by atoms with Crippen LogP contribution in [0.15, 0.2) is 58.4 Å². The van der Waals surface area contributed by atoms with Gasteiger partial charge in [0, 0.05) is 12.1 Å². The fraction of sp³-hybridized carbons (Fsp3) is 0.0588. The molecule has 2 heterocycles. The number of carbonyl (C=O) groups is 1. The summed E-state index contributed by atoms with van der Waals surface area (Å²) >= 11 is 0. The second-order valence-corrected chi connectivity index (χ2v) is 5.62. The lowest BCUT2D eigenvalue weighted by molar-refractivity contribution is -0.384. The first-order valence-electron chi connectivity index (χ1n) is 7.65. The summed E-state index contributed by atoms with van der Waals surface area (Å²) in [5.41, 5.74) is 0.718. The van der Waals surface area contributed by atoms with Crippen molar-refractivity contribution in [2.75, 3.05) is 5.01 Å². The van der Waals surface area contributed by atoms with Crippen molar-refractivity contribution in [3.8, 4) is 0 Å². The number of nitro groups is 1. The van der Waals surface area contributed by atoms with E-state index in [9.17, 15) is 19.7 Å². The maximum Gasteiger partial charge on any atom is 0.270 e. The van der Waals surface area contributed by atoms with Crippen LogP contribution in [0.1, 0.15) is 5.56 Å². The lowest BCUT2D eigenvalue weighted by Crippen LogP contribution is -2.21. The smallest absolute Gasteiger partial charge is 0.270 e. The highest BCUT2D eigenvalue weighted by atomic mass is 16.6. The van der Waals surface area contributed by atoms with Gasteiger partial charge in [-0.25, -0.2) is 4.98 Å². The lowest BCUT2D eigenvalue weighted by Gasteiger charge is -2.09. The van der Waals surface area contributed by atoms with Crippen LogP contribution in [0.3, 0.4) is 0 Å². The van der Waals surface area contributed by atoms with E-state index < -0.39 is 4.92 Å². The SMILES string of the molecule is O=C1Cn2c(nc3ccccc3c2=O)N1/N=C/c1ccc([N+](=O)[O-])cc1. The molecule has 0 saturated carbocycles. The normalized spacial score (nSPS) is 13.5. The van der Waals surface area contributed by atoms with Crippen LogP contribution < -0.4 is 10.6 Å². The van der Waals surface area contributed by atoms with Gasteiger partial charge in [-0.3, -0.25) is 24.3 Å². The number of amides is 1. The first-order valence-corrected chi connectivity index (χ1v) is 7.65. The average molecular weight is 349 g/mol. The van der Waals surface area contributed by atoms with Crippen LogP contribution in [0, 0.1) is 10.1 Å². The number of non-ortho nitro benzene ring substituents is 1. The molecule has 0 aliphatic carbocycles. The van der Waals surface area contributed by atoms with Gasteiger partial charge in [0.2, 0.25) is 5.95 Å². The third-order valence-electron chi connectivity index (χ3n) is 3.99. The Kier molecular flexibility index (Phi) is 3.54. The van der Waals surface area contributed by atoms with E-state index in [-0.39, 0.29) is 29.6 Å². The van der Waals surface area contributed by atoms with Crippen LogP contribution in [0.5, 0.6) is 0 Å². The molecule has 128 valence electrons. The van der Waals surface area contributed by atoms with Crippen molar-refractivity contribution in [2.45, 2.75) is 6.54 Å². The quantitative estimate of drug-likeness (QED) is 0.406. The van der Waals surface area contributed by atoms with Crippen molar-refractivity contribution < 1.29 is 9.72 Å². The molecule has 3 aromatic rings. The molecule has 0 bridgehead atoms. The summed E-state index contributed by atoms with van der Waals surface area (Å²) in [5, 5.41) is 16.3. The van der Waals surface area contributed by atoms with E-state index in [0.29, 0.717) is 16.5 Å². The van der Waals surface area contributed by atoms with E-state index in [4.69, 9.17) is 0 Å². The average Bonchev–Trinajstić information content (AvgIpc) is 2.96. The van der Waals surface area contributed by atoms with Gasteiger partial charge in [-0.1, -0.05) is 12.1 Å². The van der Waals surface area contributed by atoms with E-state index >= 15 is 0 Å². The minimum absolute atomic E-state index is 0.0376. The first-order chi connectivity index (χ1) is 12.5. The lowest BCUT2D eigenvalue weighted by atomic mass is 10.2. The predicted octanol–water partition coefficient (Wildman–Crippen LogP) is 1.69. The van der Waals surface area contributed by atoms with E-state index in [1.165, 1.54) is 35.0 Å². The van der Waals surface area contributed by atoms with Gasteiger partial charge in [0.05, 0.1) is 22.0 Å². The molecule has 9 heteroatoms. The molecule has 9 nitrogen and oxygen atoms in total. The van der Waals surface area contributed by atoms with Crippen molar-refractivity contribution in [3.05, 3.63) is 74.6 Å². The number of anilines is 1. The largest absolute Gasteiger partial charge is 0.270 e. The van der Waals surface area contributed by atoms with Gasteiger partial charge in [-0.05, 0) is 29.8 Å². The number of hydrogen-bond acceptors (Lipinski definition) is 6. The highest BCUT2D eigenvalue weighted by Crippen LogP contribution is 2.21. The Labute approximate surface area is 146 Å². The number of para-hydroxylation sites is 1. The number of carbonyl (C=O) groups excluding carboxylic acids is 1. The first kappa shape index (κ1) is 15.6. The second-order valence-electron chi connectivity index (χ2n) is 5.62. The summed E-state index contributed by atoms with van der Waals surface area (Å²) in [7, 11) is 0. The van der Waals surface area contributed by atoms with Crippen LogP contribution in [0.2, 0.25) is 0 Å². The number of hydrazone groups is 1. The standard InChI is InChI=1S/C17H11N5O4/c23-15-10-20-16(24)13-3-1-2-4-14(13)19-17(20)21(15)18-9-11-5-7-12(8-6-11)22(25)26/h1-9H,10H2/b18-9+. The molecule has 0 spiro atoms. The molecule has 1 aromatic heterocycles.